The van der Waals surface area contributed by atoms with Crippen molar-refractivity contribution in [3.05, 3.63) is 35.4 Å². The summed E-state index contributed by atoms with van der Waals surface area (Å²) in [4.78, 5) is 14.1. The predicted octanol–water partition coefficient (Wildman–Crippen LogP) is 1.33. The second kappa shape index (κ2) is 6.70. The number of halogens is 3. The third kappa shape index (κ3) is 3.71. The van der Waals surface area contributed by atoms with Crippen LogP contribution < -0.4 is 5.32 Å². The van der Waals surface area contributed by atoms with Crippen LogP contribution in [0.25, 0.3) is 0 Å². The van der Waals surface area contributed by atoms with Gasteiger partial charge >= 0.3 is 6.18 Å². The number of β-amino-alcohol motifs (C(OH)–C–C–N with tert-alkyl or cyclic N) is 1. The van der Waals surface area contributed by atoms with Crippen LogP contribution in [0.15, 0.2) is 24.3 Å². The predicted molar refractivity (Wildman–Crippen MR) is 79.1 cm³/mol. The number of morpholine rings is 1. The zero-order valence-electron chi connectivity index (χ0n) is 12.9. The lowest BCUT2D eigenvalue weighted by atomic mass is 10.0. The molecule has 132 valence electrons. The number of carbonyl (C=O) groups excluding carboxylic acids is 1. The second-order valence-corrected chi connectivity index (χ2v) is 6.12. The number of aliphatic hydroxyl groups is 1. The molecule has 24 heavy (non-hydrogen) atoms. The van der Waals surface area contributed by atoms with Crippen LogP contribution in [0.4, 0.5) is 13.2 Å². The minimum absolute atomic E-state index is 0.146. The van der Waals surface area contributed by atoms with Gasteiger partial charge in [-0.15, -0.1) is 0 Å². The molecule has 0 bridgehead atoms. The Hall–Kier alpha value is -1.64. The van der Waals surface area contributed by atoms with Crippen LogP contribution in [0.2, 0.25) is 0 Å². The molecule has 8 heteroatoms. The van der Waals surface area contributed by atoms with Crippen molar-refractivity contribution in [2.45, 2.75) is 30.8 Å². The van der Waals surface area contributed by atoms with Gasteiger partial charge in [0.05, 0.1) is 30.9 Å². The summed E-state index contributed by atoms with van der Waals surface area (Å²) in [6, 6.07) is 4.55. The Morgan fingerprint density at radius 1 is 1.38 bits per heavy atom. The molecule has 5 nitrogen and oxygen atoms in total. The molecule has 2 aliphatic heterocycles. The van der Waals surface area contributed by atoms with Crippen LogP contribution in [0.1, 0.15) is 23.7 Å². The number of carbonyl (C=O) groups is 1. The minimum Gasteiger partial charge on any atom is -0.392 e. The molecule has 2 heterocycles. The van der Waals surface area contributed by atoms with E-state index in [0.717, 1.165) is 12.1 Å². The van der Waals surface area contributed by atoms with Gasteiger partial charge in [-0.25, -0.2) is 0 Å². The number of amides is 1. The van der Waals surface area contributed by atoms with E-state index in [1.807, 2.05) is 0 Å². The number of rotatable bonds is 2. The molecule has 0 aromatic heterocycles. The lowest BCUT2D eigenvalue weighted by molar-refractivity contribution is -0.142. The van der Waals surface area contributed by atoms with Crippen molar-refractivity contribution in [2.24, 2.45) is 0 Å². The first kappa shape index (κ1) is 17.2. The number of hydrogen-bond donors (Lipinski definition) is 2. The molecule has 0 unspecified atom stereocenters. The van der Waals surface area contributed by atoms with Gasteiger partial charge in [0, 0.05) is 13.1 Å². The minimum atomic E-state index is -4.41. The molecule has 0 aliphatic carbocycles. The summed E-state index contributed by atoms with van der Waals surface area (Å²) in [5.41, 5.74) is -0.325. The maximum atomic E-state index is 12.8. The average molecular weight is 344 g/mol. The second-order valence-electron chi connectivity index (χ2n) is 6.12. The Bertz CT molecular complexity index is 608. The van der Waals surface area contributed by atoms with Gasteiger partial charge in [0.15, 0.2) is 0 Å². The van der Waals surface area contributed by atoms with E-state index in [-0.39, 0.29) is 19.1 Å². The maximum absolute atomic E-state index is 12.8. The first-order valence-corrected chi connectivity index (χ1v) is 7.83. The van der Waals surface area contributed by atoms with Gasteiger partial charge in [-0.3, -0.25) is 4.79 Å². The summed E-state index contributed by atoms with van der Waals surface area (Å²) in [6.45, 7) is 1.23. The van der Waals surface area contributed by atoms with E-state index in [9.17, 15) is 23.1 Å². The van der Waals surface area contributed by atoms with Gasteiger partial charge in [-0.2, -0.15) is 13.2 Å². The lowest BCUT2D eigenvalue weighted by Crippen LogP contribution is -2.49. The molecular formula is C16H19F3N2O3. The number of aliphatic hydroxyl groups excluding tert-OH is 1. The Morgan fingerprint density at radius 2 is 2.17 bits per heavy atom. The van der Waals surface area contributed by atoms with E-state index in [0.29, 0.717) is 25.1 Å². The molecule has 2 N–H and O–H groups in total. The third-order valence-electron chi connectivity index (χ3n) is 4.37. The summed E-state index contributed by atoms with van der Waals surface area (Å²) in [5, 5.41) is 12.5. The third-order valence-corrected chi connectivity index (χ3v) is 4.37. The van der Waals surface area contributed by atoms with Crippen LogP contribution in [0.3, 0.4) is 0 Å². The summed E-state index contributed by atoms with van der Waals surface area (Å²) in [6.07, 6.45) is -5.19. The fourth-order valence-corrected chi connectivity index (χ4v) is 3.09. The highest BCUT2D eigenvalue weighted by atomic mass is 19.4. The summed E-state index contributed by atoms with van der Waals surface area (Å²) in [5.74, 6) is -0.146. The Labute approximate surface area is 137 Å². The topological polar surface area (TPSA) is 61.8 Å². The van der Waals surface area contributed by atoms with E-state index in [1.165, 1.54) is 6.07 Å². The highest BCUT2D eigenvalue weighted by molar-refractivity contribution is 5.82. The van der Waals surface area contributed by atoms with Crippen molar-refractivity contribution in [1.82, 2.24) is 10.2 Å². The van der Waals surface area contributed by atoms with Crippen LogP contribution in [-0.4, -0.2) is 54.3 Å². The van der Waals surface area contributed by atoms with Gasteiger partial charge in [0.1, 0.15) is 6.10 Å². The van der Waals surface area contributed by atoms with Crippen molar-refractivity contribution < 1.29 is 27.8 Å². The van der Waals surface area contributed by atoms with Crippen molar-refractivity contribution in [2.75, 3.05) is 26.2 Å². The first-order valence-electron chi connectivity index (χ1n) is 7.83. The lowest BCUT2D eigenvalue weighted by Gasteiger charge is -2.34. The molecule has 0 saturated carbocycles. The smallest absolute Gasteiger partial charge is 0.392 e. The van der Waals surface area contributed by atoms with Gasteiger partial charge in [0.2, 0.25) is 5.91 Å². The van der Waals surface area contributed by atoms with Crippen molar-refractivity contribution >= 4 is 5.91 Å². The summed E-state index contributed by atoms with van der Waals surface area (Å²) < 4.78 is 44.1. The largest absolute Gasteiger partial charge is 0.416 e. The molecule has 1 aromatic carbocycles. The number of alkyl halides is 3. The fourth-order valence-electron chi connectivity index (χ4n) is 3.09. The zero-order valence-corrected chi connectivity index (χ0v) is 12.9. The molecular weight excluding hydrogens is 325 g/mol. The van der Waals surface area contributed by atoms with Crippen molar-refractivity contribution in [3.63, 3.8) is 0 Å². The van der Waals surface area contributed by atoms with Crippen LogP contribution in [-0.2, 0) is 15.7 Å². The molecule has 2 fully saturated rings. The van der Waals surface area contributed by atoms with Crippen molar-refractivity contribution in [1.29, 1.82) is 0 Å². The zero-order chi connectivity index (χ0) is 17.3. The quantitative estimate of drug-likeness (QED) is 0.850. The van der Waals surface area contributed by atoms with Crippen LogP contribution >= 0.6 is 0 Å². The molecule has 0 radical (unpaired) electrons. The van der Waals surface area contributed by atoms with E-state index in [2.05, 4.69) is 5.32 Å². The van der Waals surface area contributed by atoms with Gasteiger partial charge < -0.3 is 20.1 Å². The molecule has 2 aliphatic rings. The molecule has 1 aromatic rings. The van der Waals surface area contributed by atoms with Gasteiger partial charge in [-0.05, 0) is 24.1 Å². The number of ether oxygens (including phenoxy) is 1. The standard InChI is InChI=1S/C16H19F3N2O3/c17-16(18,19)11-3-1-2-10(6-11)14-9-21(4-5-24-14)15(23)13-7-12(22)8-20-13/h1-3,6,12-14,20,22H,4-5,7-9H2/t12-,13-,14+/m0/s1. The van der Waals surface area contributed by atoms with Crippen molar-refractivity contribution in [3.8, 4) is 0 Å². The normalized spacial score (nSPS) is 28.2. The summed E-state index contributed by atoms with van der Waals surface area (Å²) >= 11 is 0. The molecule has 1 amide bonds. The average Bonchev–Trinajstić information content (AvgIpc) is 3.00. The van der Waals surface area contributed by atoms with E-state index in [1.54, 1.807) is 11.0 Å². The highest BCUT2D eigenvalue weighted by Crippen LogP contribution is 2.32. The Balaban J connectivity index is 1.70. The molecule has 3 atom stereocenters. The highest BCUT2D eigenvalue weighted by Gasteiger charge is 2.35. The maximum Gasteiger partial charge on any atom is 0.416 e. The number of nitrogens with one attached hydrogen (secondary N) is 1. The number of hydrogen-bond acceptors (Lipinski definition) is 4. The van der Waals surface area contributed by atoms with Crippen LogP contribution in [0, 0.1) is 0 Å². The molecule has 3 rings (SSSR count). The van der Waals surface area contributed by atoms with Gasteiger partial charge in [0.25, 0.3) is 0 Å². The van der Waals surface area contributed by atoms with Crippen LogP contribution in [0.5, 0.6) is 0 Å². The summed E-state index contributed by atoms with van der Waals surface area (Å²) in [7, 11) is 0. The van der Waals surface area contributed by atoms with E-state index >= 15 is 0 Å². The van der Waals surface area contributed by atoms with Gasteiger partial charge in [-0.1, -0.05) is 12.1 Å². The monoisotopic (exact) mass is 344 g/mol. The van der Waals surface area contributed by atoms with E-state index in [4.69, 9.17) is 4.74 Å². The van der Waals surface area contributed by atoms with E-state index < -0.39 is 30.0 Å². The Kier molecular flexibility index (Phi) is 4.80. The molecule has 2 saturated heterocycles. The number of benzene rings is 1. The number of nitrogens with zero attached hydrogens (tertiary/aromatic N) is 1. The molecule has 0 spiro atoms. The first-order chi connectivity index (χ1) is 11.3. The SMILES string of the molecule is O=C([C@@H]1C[C@H](O)CN1)N1CCO[C@@H](c2cccc(C(F)(F)F)c2)C1. The fraction of sp³-hybridized carbons (Fsp3) is 0.562. The Morgan fingerprint density at radius 3 is 2.83 bits per heavy atom.